The number of benzene rings is 1. The van der Waals surface area contributed by atoms with Crippen molar-refractivity contribution in [1.82, 2.24) is 15.0 Å². The second-order valence-electron chi connectivity index (χ2n) is 7.60. The topological polar surface area (TPSA) is 61.9 Å². The predicted molar refractivity (Wildman–Crippen MR) is 111 cm³/mol. The highest BCUT2D eigenvalue weighted by Crippen LogP contribution is 2.32. The molecule has 1 aliphatic rings. The van der Waals surface area contributed by atoms with Gasteiger partial charge < -0.3 is 9.88 Å². The molecule has 1 N–H and O–H groups in total. The molecule has 1 aliphatic carbocycles. The zero-order chi connectivity index (χ0) is 19.5. The molecule has 0 bridgehead atoms. The predicted octanol–water partition coefficient (Wildman–Crippen LogP) is 4.04. The molecule has 0 aliphatic heterocycles. The Kier molecular flexibility index (Phi) is 5.71. The van der Waals surface area contributed by atoms with Crippen LogP contribution in [-0.4, -0.2) is 38.0 Å². The van der Waals surface area contributed by atoms with Crippen molar-refractivity contribution < 1.29 is 8.60 Å². The molecule has 2 aromatic heterocycles. The molecule has 2 heterocycles. The molecule has 1 atom stereocenters. The maximum absolute atomic E-state index is 13.0. The highest BCUT2D eigenvalue weighted by Gasteiger charge is 2.26. The van der Waals surface area contributed by atoms with E-state index >= 15 is 0 Å². The number of rotatable bonds is 6. The van der Waals surface area contributed by atoms with Gasteiger partial charge in [0.05, 0.1) is 5.39 Å². The Morgan fingerprint density at radius 3 is 2.64 bits per heavy atom. The maximum Gasteiger partial charge on any atom is 0.142 e. The lowest BCUT2D eigenvalue weighted by atomic mass is 9.86. The van der Waals surface area contributed by atoms with Crippen LogP contribution in [0.3, 0.4) is 0 Å². The van der Waals surface area contributed by atoms with Gasteiger partial charge in [-0.05, 0) is 55.4 Å². The van der Waals surface area contributed by atoms with Crippen molar-refractivity contribution in [3.63, 3.8) is 0 Å². The smallest absolute Gasteiger partial charge is 0.142 e. The van der Waals surface area contributed by atoms with Crippen molar-refractivity contribution in [1.29, 1.82) is 0 Å². The third kappa shape index (κ3) is 4.24. The fraction of sp³-hybridized carbons (Fsp3) is 0.429. The molecule has 3 aromatic rings. The van der Waals surface area contributed by atoms with Gasteiger partial charge >= 0.3 is 0 Å². The Labute approximate surface area is 166 Å². The lowest BCUT2D eigenvalue weighted by molar-refractivity contribution is 0.343. The second kappa shape index (κ2) is 8.39. The molecular formula is C21H25FN4OS. The van der Waals surface area contributed by atoms with E-state index in [0.717, 1.165) is 53.9 Å². The third-order valence-electron chi connectivity index (χ3n) is 5.69. The van der Waals surface area contributed by atoms with E-state index in [9.17, 15) is 8.60 Å². The maximum atomic E-state index is 13.0. The summed E-state index contributed by atoms with van der Waals surface area (Å²) in [6, 6.07) is 8.77. The van der Waals surface area contributed by atoms with Crippen molar-refractivity contribution in [3.05, 3.63) is 54.2 Å². The average molecular weight is 401 g/mol. The van der Waals surface area contributed by atoms with Crippen LogP contribution in [0.5, 0.6) is 0 Å². The molecule has 1 saturated carbocycles. The molecule has 0 saturated heterocycles. The SMILES string of the molecule is CN(c1ncnc2[nH]ccc12)C1CCC(CS(=O)Cc2ccc(F)cc2)CC1. The summed E-state index contributed by atoms with van der Waals surface area (Å²) in [7, 11) is 1.20. The van der Waals surface area contributed by atoms with Gasteiger partial charge in [0.2, 0.25) is 0 Å². The van der Waals surface area contributed by atoms with Crippen LogP contribution in [0.15, 0.2) is 42.9 Å². The van der Waals surface area contributed by atoms with Crippen LogP contribution in [0, 0.1) is 11.7 Å². The minimum absolute atomic E-state index is 0.252. The minimum atomic E-state index is -0.907. The number of aromatic nitrogens is 3. The van der Waals surface area contributed by atoms with E-state index in [1.807, 2.05) is 12.3 Å². The average Bonchev–Trinajstić information content (AvgIpc) is 3.19. The number of halogens is 1. The van der Waals surface area contributed by atoms with Gasteiger partial charge in [-0.2, -0.15) is 0 Å². The summed E-state index contributed by atoms with van der Waals surface area (Å²) in [5.41, 5.74) is 1.80. The Balaban J connectivity index is 1.31. The number of hydrogen-bond donors (Lipinski definition) is 1. The Bertz CT molecular complexity index is 950. The number of fused-ring (bicyclic) bond motifs is 1. The molecule has 0 radical (unpaired) electrons. The van der Waals surface area contributed by atoms with Crippen molar-refractivity contribution in [2.45, 2.75) is 37.5 Å². The van der Waals surface area contributed by atoms with E-state index in [2.05, 4.69) is 26.9 Å². The van der Waals surface area contributed by atoms with E-state index in [-0.39, 0.29) is 5.82 Å². The molecule has 28 heavy (non-hydrogen) atoms. The fourth-order valence-corrected chi connectivity index (χ4v) is 5.64. The van der Waals surface area contributed by atoms with Gasteiger partial charge in [0, 0.05) is 41.6 Å². The van der Waals surface area contributed by atoms with Crippen molar-refractivity contribution >= 4 is 27.7 Å². The van der Waals surface area contributed by atoms with E-state index in [4.69, 9.17) is 0 Å². The van der Waals surface area contributed by atoms with Crippen LogP contribution >= 0.6 is 0 Å². The van der Waals surface area contributed by atoms with Gasteiger partial charge in [0.1, 0.15) is 23.6 Å². The number of hydrogen-bond acceptors (Lipinski definition) is 4. The zero-order valence-electron chi connectivity index (χ0n) is 16.0. The number of nitrogens with one attached hydrogen (secondary N) is 1. The van der Waals surface area contributed by atoms with Gasteiger partial charge in [0.25, 0.3) is 0 Å². The van der Waals surface area contributed by atoms with E-state index in [0.29, 0.717) is 17.7 Å². The monoisotopic (exact) mass is 400 g/mol. The van der Waals surface area contributed by atoms with Crippen LogP contribution in [0.4, 0.5) is 10.2 Å². The molecule has 0 amide bonds. The highest BCUT2D eigenvalue weighted by molar-refractivity contribution is 7.84. The summed E-state index contributed by atoms with van der Waals surface area (Å²) in [6.07, 6.45) is 7.80. The van der Waals surface area contributed by atoms with Crippen LogP contribution in [-0.2, 0) is 16.6 Å². The largest absolute Gasteiger partial charge is 0.356 e. The van der Waals surface area contributed by atoms with E-state index in [1.165, 1.54) is 12.1 Å². The van der Waals surface area contributed by atoms with Gasteiger partial charge in [-0.3, -0.25) is 4.21 Å². The van der Waals surface area contributed by atoms with Crippen LogP contribution in [0.25, 0.3) is 11.0 Å². The lowest BCUT2D eigenvalue weighted by Crippen LogP contribution is -2.36. The van der Waals surface area contributed by atoms with Crippen molar-refractivity contribution in [2.75, 3.05) is 17.7 Å². The van der Waals surface area contributed by atoms with Crippen LogP contribution < -0.4 is 4.90 Å². The normalized spacial score (nSPS) is 20.9. The van der Waals surface area contributed by atoms with Gasteiger partial charge in [0.15, 0.2) is 0 Å². The lowest BCUT2D eigenvalue weighted by Gasteiger charge is -2.35. The molecular weight excluding hydrogens is 375 g/mol. The first kappa shape index (κ1) is 19.1. The number of aromatic amines is 1. The summed E-state index contributed by atoms with van der Waals surface area (Å²) in [5.74, 6) is 2.44. The molecule has 1 unspecified atom stereocenters. The molecule has 4 rings (SSSR count). The summed E-state index contributed by atoms with van der Waals surface area (Å²) in [4.78, 5) is 14.2. The molecule has 0 spiro atoms. The zero-order valence-corrected chi connectivity index (χ0v) is 16.8. The Hall–Kier alpha value is -2.28. The van der Waals surface area contributed by atoms with E-state index in [1.54, 1.807) is 18.5 Å². The number of nitrogens with zero attached hydrogens (tertiary/aromatic N) is 3. The number of anilines is 1. The quantitative estimate of drug-likeness (QED) is 0.678. The van der Waals surface area contributed by atoms with Gasteiger partial charge in [-0.15, -0.1) is 0 Å². The van der Waals surface area contributed by atoms with Gasteiger partial charge in [-0.25, -0.2) is 14.4 Å². The van der Waals surface area contributed by atoms with Crippen molar-refractivity contribution in [3.8, 4) is 0 Å². The second-order valence-corrected chi connectivity index (χ2v) is 9.10. The third-order valence-corrected chi connectivity index (χ3v) is 7.19. The summed E-state index contributed by atoms with van der Waals surface area (Å²) in [5, 5.41) is 1.05. The molecule has 1 fully saturated rings. The van der Waals surface area contributed by atoms with Crippen molar-refractivity contribution in [2.24, 2.45) is 5.92 Å². The standard InChI is InChI=1S/C21H25FN4OS/c1-26(21-19-10-11-23-20(19)24-14-25-21)18-8-4-16(5-9-18)13-28(27)12-15-2-6-17(22)7-3-15/h2-3,6-7,10-11,14,16,18H,4-5,8-9,12-13H2,1H3,(H,23,24,25). The summed E-state index contributed by atoms with van der Waals surface area (Å²) < 4.78 is 25.5. The van der Waals surface area contributed by atoms with E-state index < -0.39 is 10.8 Å². The van der Waals surface area contributed by atoms with Gasteiger partial charge in [-0.1, -0.05) is 12.1 Å². The summed E-state index contributed by atoms with van der Waals surface area (Å²) >= 11 is 0. The first-order valence-corrected chi connectivity index (χ1v) is 11.2. The first-order chi connectivity index (χ1) is 13.6. The minimum Gasteiger partial charge on any atom is -0.356 e. The Morgan fingerprint density at radius 1 is 1.14 bits per heavy atom. The molecule has 148 valence electrons. The van der Waals surface area contributed by atoms with Crippen LogP contribution in [0.2, 0.25) is 0 Å². The summed E-state index contributed by atoms with van der Waals surface area (Å²) in [6.45, 7) is 0. The molecule has 1 aromatic carbocycles. The first-order valence-electron chi connectivity index (χ1n) is 9.70. The number of H-pyrrole nitrogens is 1. The highest BCUT2D eigenvalue weighted by atomic mass is 32.2. The molecule has 7 heteroatoms. The Morgan fingerprint density at radius 2 is 1.89 bits per heavy atom. The molecule has 5 nitrogen and oxygen atoms in total. The fourth-order valence-electron chi connectivity index (χ4n) is 4.10. The van der Waals surface area contributed by atoms with Crippen LogP contribution in [0.1, 0.15) is 31.2 Å².